The van der Waals surface area contributed by atoms with Gasteiger partial charge in [-0.2, -0.15) is 5.26 Å². The van der Waals surface area contributed by atoms with Gasteiger partial charge in [0, 0.05) is 6.20 Å². The van der Waals surface area contributed by atoms with E-state index in [0.717, 1.165) is 23.7 Å². The topological polar surface area (TPSA) is 62.7 Å². The van der Waals surface area contributed by atoms with Gasteiger partial charge in [-0.25, -0.2) is 4.98 Å². The molecule has 19 heavy (non-hydrogen) atoms. The minimum atomic E-state index is 0.411. The smallest absolute Gasteiger partial charge is 0.141 e. The maximum Gasteiger partial charge on any atom is 0.141 e. The normalized spacial score (nSPS) is 39.2. The molecule has 4 bridgehead atoms. The largest absolute Gasteiger partial charge is 0.383 e. The van der Waals surface area contributed by atoms with E-state index < -0.39 is 0 Å². The fraction of sp³-hybridized carbons (Fsp3) is 0.625. The van der Waals surface area contributed by atoms with Crippen LogP contribution in [0.2, 0.25) is 0 Å². The molecular weight excluding hydrogens is 234 g/mol. The average molecular weight is 253 g/mol. The zero-order valence-electron chi connectivity index (χ0n) is 11.0. The third kappa shape index (κ3) is 1.59. The Kier molecular flexibility index (Phi) is 2.35. The first-order chi connectivity index (χ1) is 9.26. The Hall–Kier alpha value is -1.56. The van der Waals surface area contributed by atoms with Crippen LogP contribution in [0.5, 0.6) is 0 Å². The monoisotopic (exact) mass is 253 g/mol. The molecule has 0 radical (unpaired) electrons. The van der Waals surface area contributed by atoms with Crippen molar-refractivity contribution >= 4 is 5.82 Å². The number of nitrogens with zero attached hydrogens (tertiary/aromatic N) is 2. The second-order valence-corrected chi connectivity index (χ2v) is 6.73. The highest BCUT2D eigenvalue weighted by Crippen LogP contribution is 2.60. The molecule has 2 N–H and O–H groups in total. The van der Waals surface area contributed by atoms with Crippen molar-refractivity contribution in [1.29, 1.82) is 5.26 Å². The van der Waals surface area contributed by atoms with Gasteiger partial charge in [-0.3, -0.25) is 0 Å². The van der Waals surface area contributed by atoms with E-state index in [9.17, 15) is 5.26 Å². The number of hydrogen-bond donors (Lipinski definition) is 1. The van der Waals surface area contributed by atoms with Crippen LogP contribution in [0.25, 0.3) is 0 Å². The fourth-order valence-electron chi connectivity index (χ4n) is 5.33. The molecule has 4 aliphatic carbocycles. The molecule has 1 heterocycles. The van der Waals surface area contributed by atoms with E-state index in [-0.39, 0.29) is 0 Å². The first kappa shape index (κ1) is 11.3. The molecule has 0 spiro atoms. The van der Waals surface area contributed by atoms with Crippen LogP contribution in [0.3, 0.4) is 0 Å². The first-order valence-electron chi connectivity index (χ1n) is 7.40. The molecule has 4 aliphatic rings. The molecule has 3 heteroatoms. The summed E-state index contributed by atoms with van der Waals surface area (Å²) in [6.45, 7) is 0. The van der Waals surface area contributed by atoms with Gasteiger partial charge in [-0.05, 0) is 73.3 Å². The van der Waals surface area contributed by atoms with Crippen molar-refractivity contribution in [3.63, 3.8) is 0 Å². The van der Waals surface area contributed by atoms with Crippen molar-refractivity contribution in [3.8, 4) is 6.07 Å². The third-order valence-electron chi connectivity index (χ3n) is 5.71. The van der Waals surface area contributed by atoms with Gasteiger partial charge in [0.2, 0.25) is 0 Å². The predicted octanol–water partition coefficient (Wildman–Crippen LogP) is 3.08. The highest BCUT2D eigenvalue weighted by Gasteiger charge is 2.49. The van der Waals surface area contributed by atoms with E-state index in [0.29, 0.717) is 17.3 Å². The summed E-state index contributed by atoms with van der Waals surface area (Å²) in [5, 5.41) is 9.38. The highest BCUT2D eigenvalue weighted by molar-refractivity contribution is 5.54. The van der Waals surface area contributed by atoms with E-state index in [2.05, 4.69) is 11.1 Å². The van der Waals surface area contributed by atoms with Gasteiger partial charge in [-0.15, -0.1) is 0 Å². The van der Waals surface area contributed by atoms with Crippen LogP contribution < -0.4 is 5.73 Å². The SMILES string of the molecule is N#Cc1c(C2C3CC4CC(C3)CC2C4)ccnc1N. The van der Waals surface area contributed by atoms with Crippen molar-refractivity contribution in [3.05, 3.63) is 23.4 Å². The zero-order chi connectivity index (χ0) is 13.0. The summed E-state index contributed by atoms with van der Waals surface area (Å²) in [6, 6.07) is 4.33. The molecule has 0 atom stereocenters. The summed E-state index contributed by atoms with van der Waals surface area (Å²) < 4.78 is 0. The van der Waals surface area contributed by atoms with Gasteiger partial charge in [0.25, 0.3) is 0 Å². The Labute approximate surface area is 113 Å². The lowest BCUT2D eigenvalue weighted by Crippen LogP contribution is -2.44. The van der Waals surface area contributed by atoms with Crippen molar-refractivity contribution < 1.29 is 0 Å². The molecule has 3 nitrogen and oxygen atoms in total. The first-order valence-corrected chi connectivity index (χ1v) is 7.40. The predicted molar refractivity (Wildman–Crippen MR) is 73.2 cm³/mol. The molecule has 0 saturated heterocycles. The van der Waals surface area contributed by atoms with Crippen LogP contribution in [-0.4, -0.2) is 4.98 Å². The quantitative estimate of drug-likeness (QED) is 0.836. The highest BCUT2D eigenvalue weighted by atomic mass is 14.8. The van der Waals surface area contributed by atoms with Gasteiger partial charge < -0.3 is 5.73 Å². The number of nitrogen functional groups attached to an aromatic ring is 1. The van der Waals surface area contributed by atoms with Crippen LogP contribution in [0.4, 0.5) is 5.82 Å². The van der Waals surface area contributed by atoms with Gasteiger partial charge in [0.15, 0.2) is 0 Å². The van der Waals surface area contributed by atoms with Crippen LogP contribution in [0.15, 0.2) is 12.3 Å². The van der Waals surface area contributed by atoms with Crippen molar-refractivity contribution in [2.24, 2.45) is 23.7 Å². The lowest BCUT2D eigenvalue weighted by atomic mass is 9.50. The van der Waals surface area contributed by atoms with E-state index >= 15 is 0 Å². The van der Waals surface area contributed by atoms with Crippen molar-refractivity contribution in [2.75, 3.05) is 5.73 Å². The number of pyridine rings is 1. The van der Waals surface area contributed by atoms with Crippen LogP contribution in [0, 0.1) is 35.0 Å². The summed E-state index contributed by atoms with van der Waals surface area (Å²) in [4.78, 5) is 4.08. The summed E-state index contributed by atoms with van der Waals surface area (Å²) in [7, 11) is 0. The molecule has 0 aliphatic heterocycles. The second-order valence-electron chi connectivity index (χ2n) is 6.73. The van der Waals surface area contributed by atoms with Gasteiger partial charge in [-0.1, -0.05) is 0 Å². The van der Waals surface area contributed by atoms with E-state index in [4.69, 9.17) is 5.73 Å². The van der Waals surface area contributed by atoms with Gasteiger partial charge in [0.05, 0.1) is 5.56 Å². The summed E-state index contributed by atoms with van der Waals surface area (Å²) in [6.07, 6.45) is 8.70. The average Bonchev–Trinajstić information content (AvgIpc) is 2.37. The maximum atomic E-state index is 9.38. The minimum Gasteiger partial charge on any atom is -0.383 e. The van der Waals surface area contributed by atoms with E-state index in [1.165, 1.54) is 37.7 Å². The number of rotatable bonds is 1. The molecule has 0 unspecified atom stereocenters. The Morgan fingerprint density at radius 1 is 1.11 bits per heavy atom. The minimum absolute atomic E-state index is 0.411. The zero-order valence-corrected chi connectivity index (χ0v) is 11.0. The lowest BCUT2D eigenvalue weighted by Gasteiger charge is -2.54. The Morgan fingerprint density at radius 2 is 1.74 bits per heavy atom. The van der Waals surface area contributed by atoms with Gasteiger partial charge >= 0.3 is 0 Å². The molecule has 1 aromatic rings. The molecule has 5 rings (SSSR count). The Balaban J connectivity index is 1.77. The molecular formula is C16H19N3. The van der Waals surface area contributed by atoms with Crippen LogP contribution in [0.1, 0.15) is 49.1 Å². The Morgan fingerprint density at radius 3 is 2.32 bits per heavy atom. The van der Waals surface area contributed by atoms with Crippen LogP contribution in [-0.2, 0) is 0 Å². The molecule has 0 amide bonds. The molecule has 4 saturated carbocycles. The third-order valence-corrected chi connectivity index (χ3v) is 5.71. The maximum absolute atomic E-state index is 9.38. The number of nitriles is 1. The van der Waals surface area contributed by atoms with E-state index in [1.54, 1.807) is 6.20 Å². The molecule has 98 valence electrons. The number of nitrogens with two attached hydrogens (primary N) is 1. The summed E-state index contributed by atoms with van der Waals surface area (Å²) in [5.41, 5.74) is 7.71. The second kappa shape index (κ2) is 3.96. The number of anilines is 1. The number of aromatic nitrogens is 1. The van der Waals surface area contributed by atoms with Crippen molar-refractivity contribution in [1.82, 2.24) is 4.98 Å². The molecule has 4 fully saturated rings. The standard InChI is InChI=1S/C16H19N3/c17-8-14-13(1-2-19-16(14)18)15-11-4-9-3-10(6-11)7-12(15)5-9/h1-2,9-12,15H,3-7H2,(H2,18,19). The van der Waals surface area contributed by atoms with E-state index in [1.807, 2.05) is 6.07 Å². The lowest BCUT2D eigenvalue weighted by molar-refractivity contribution is -0.00286. The van der Waals surface area contributed by atoms with Crippen molar-refractivity contribution in [2.45, 2.75) is 38.0 Å². The molecule has 0 aromatic carbocycles. The number of hydrogen-bond acceptors (Lipinski definition) is 3. The molecule has 1 aromatic heterocycles. The summed E-state index contributed by atoms with van der Waals surface area (Å²) >= 11 is 0. The summed E-state index contributed by atoms with van der Waals surface area (Å²) in [5.74, 6) is 4.46. The Bertz CT molecular complexity index is 530. The van der Waals surface area contributed by atoms with Gasteiger partial charge in [0.1, 0.15) is 11.9 Å². The van der Waals surface area contributed by atoms with Crippen LogP contribution >= 0.6 is 0 Å². The fourth-order valence-corrected chi connectivity index (χ4v) is 5.33.